The predicted molar refractivity (Wildman–Crippen MR) is 103 cm³/mol. The minimum Gasteiger partial charge on any atom is -0.244 e. The number of rotatable bonds is 12. The van der Waals surface area contributed by atoms with Crippen molar-refractivity contribution in [3.63, 3.8) is 0 Å². The van der Waals surface area contributed by atoms with Crippen molar-refractivity contribution in [1.82, 2.24) is 8.61 Å². The first-order valence-corrected chi connectivity index (χ1v) is 10.6. The minimum atomic E-state index is 0.659. The second-order valence-electron chi connectivity index (χ2n) is 6.12. The maximum absolute atomic E-state index is 2.61. The Labute approximate surface area is 143 Å². The van der Waals surface area contributed by atoms with E-state index >= 15 is 0 Å². The zero-order valence-corrected chi connectivity index (χ0v) is 17.2. The first kappa shape index (κ1) is 21.6. The number of nitrogens with zero attached hydrogens (tertiary/aromatic N) is 2. The molecule has 4 heteroatoms. The van der Waals surface area contributed by atoms with Crippen molar-refractivity contribution in [2.75, 3.05) is 5.08 Å². The summed E-state index contributed by atoms with van der Waals surface area (Å²) in [6.07, 6.45) is 4.90. The summed E-state index contributed by atoms with van der Waals surface area (Å²) >= 11 is 4.05. The molecule has 0 aliphatic carbocycles. The van der Waals surface area contributed by atoms with Crippen molar-refractivity contribution in [3.05, 3.63) is 0 Å². The Kier molecular flexibility index (Phi) is 12.4. The van der Waals surface area contributed by atoms with Crippen LogP contribution in [0.15, 0.2) is 0 Å². The van der Waals surface area contributed by atoms with Gasteiger partial charge in [-0.05, 0) is 53.4 Å². The first-order valence-electron chi connectivity index (χ1n) is 8.75. The molecule has 128 valence electrons. The van der Waals surface area contributed by atoms with Crippen molar-refractivity contribution < 1.29 is 0 Å². The van der Waals surface area contributed by atoms with Crippen LogP contribution in [-0.2, 0) is 0 Å². The minimum absolute atomic E-state index is 0.659. The van der Waals surface area contributed by atoms with Gasteiger partial charge < -0.3 is 0 Å². The lowest BCUT2D eigenvalue weighted by Crippen LogP contribution is -2.36. The third-order valence-electron chi connectivity index (χ3n) is 4.50. The van der Waals surface area contributed by atoms with E-state index in [9.17, 15) is 0 Å². The van der Waals surface area contributed by atoms with E-state index in [1.165, 1.54) is 25.7 Å². The highest BCUT2D eigenvalue weighted by atomic mass is 32.2. The van der Waals surface area contributed by atoms with Crippen molar-refractivity contribution >= 4 is 23.9 Å². The van der Waals surface area contributed by atoms with E-state index in [1.807, 2.05) is 23.9 Å². The molecular weight excluding hydrogens is 296 g/mol. The smallest absolute Gasteiger partial charge is 0.0687 e. The van der Waals surface area contributed by atoms with E-state index in [0.717, 1.165) is 5.08 Å². The fourth-order valence-electron chi connectivity index (χ4n) is 2.24. The first-order chi connectivity index (χ1) is 9.92. The molecule has 0 aromatic rings. The van der Waals surface area contributed by atoms with Crippen LogP contribution in [0.4, 0.5) is 0 Å². The van der Waals surface area contributed by atoms with Crippen LogP contribution in [0.5, 0.6) is 0 Å². The zero-order chi connectivity index (χ0) is 16.4. The predicted octanol–water partition coefficient (Wildman–Crippen LogP) is 6.04. The molecule has 0 heterocycles. The molecule has 0 aromatic heterocycles. The lowest BCUT2D eigenvalue weighted by Gasteiger charge is -2.35. The Balaban J connectivity index is 4.50. The van der Waals surface area contributed by atoms with E-state index in [0.29, 0.717) is 24.2 Å². The lowest BCUT2D eigenvalue weighted by atomic mass is 10.2. The summed E-state index contributed by atoms with van der Waals surface area (Å²) in [5, 5.41) is 1.13. The SMILES string of the molecule is CCC(C)N(SCSN(C(C)CC)C(C)CC)C(C)CC. The largest absolute Gasteiger partial charge is 0.244 e. The molecule has 0 rings (SSSR count). The molecule has 0 bridgehead atoms. The third-order valence-corrected chi connectivity index (χ3v) is 7.38. The molecule has 0 amide bonds. The van der Waals surface area contributed by atoms with Gasteiger partial charge in [0.1, 0.15) is 0 Å². The summed E-state index contributed by atoms with van der Waals surface area (Å²) in [4.78, 5) is 0. The molecule has 0 saturated heterocycles. The zero-order valence-electron chi connectivity index (χ0n) is 15.6. The van der Waals surface area contributed by atoms with Crippen molar-refractivity contribution in [1.29, 1.82) is 0 Å². The fourth-order valence-corrected chi connectivity index (χ4v) is 5.02. The van der Waals surface area contributed by atoms with Crippen LogP contribution in [0, 0.1) is 0 Å². The standard InChI is InChI=1S/C17H38N2S2/c1-9-14(5)18(15(6)10-2)20-13-21-19(16(7)11-3)17(8)12-4/h14-17H,9-13H2,1-8H3. The van der Waals surface area contributed by atoms with Gasteiger partial charge in [-0.2, -0.15) is 0 Å². The quantitative estimate of drug-likeness (QED) is 0.317. The molecule has 0 aliphatic heterocycles. The highest BCUT2D eigenvalue weighted by Crippen LogP contribution is 2.30. The normalized spacial score (nSPS) is 18.0. The Hall–Kier alpha value is 0.620. The topological polar surface area (TPSA) is 6.48 Å². The van der Waals surface area contributed by atoms with Gasteiger partial charge in [0.15, 0.2) is 0 Å². The van der Waals surface area contributed by atoms with Crippen LogP contribution < -0.4 is 0 Å². The second kappa shape index (κ2) is 12.1. The van der Waals surface area contributed by atoms with E-state index < -0.39 is 0 Å². The Bertz CT molecular complexity index is 207. The summed E-state index contributed by atoms with van der Waals surface area (Å²) in [6.45, 7) is 18.6. The molecule has 0 N–H and O–H groups in total. The molecule has 0 saturated carbocycles. The van der Waals surface area contributed by atoms with E-state index in [2.05, 4.69) is 64.0 Å². The summed E-state index contributed by atoms with van der Waals surface area (Å²) < 4.78 is 5.22. The van der Waals surface area contributed by atoms with Gasteiger partial charge >= 0.3 is 0 Å². The molecule has 4 unspecified atom stereocenters. The lowest BCUT2D eigenvalue weighted by molar-refractivity contribution is 0.287. The maximum Gasteiger partial charge on any atom is 0.0687 e. The Morgan fingerprint density at radius 2 is 0.810 bits per heavy atom. The van der Waals surface area contributed by atoms with E-state index in [4.69, 9.17) is 0 Å². The van der Waals surface area contributed by atoms with Gasteiger partial charge in [-0.1, -0.05) is 51.6 Å². The molecule has 0 fully saturated rings. The van der Waals surface area contributed by atoms with Gasteiger partial charge in [0.25, 0.3) is 0 Å². The van der Waals surface area contributed by atoms with Gasteiger partial charge in [-0.3, -0.25) is 0 Å². The number of hydrogen-bond acceptors (Lipinski definition) is 4. The van der Waals surface area contributed by atoms with E-state index in [-0.39, 0.29) is 0 Å². The van der Waals surface area contributed by atoms with Gasteiger partial charge in [-0.25, -0.2) is 8.61 Å². The Morgan fingerprint density at radius 3 is 1.00 bits per heavy atom. The summed E-state index contributed by atoms with van der Waals surface area (Å²) in [5.41, 5.74) is 0. The highest BCUT2D eigenvalue weighted by Gasteiger charge is 2.21. The molecule has 0 spiro atoms. The molecule has 0 radical (unpaired) electrons. The maximum atomic E-state index is 2.61. The van der Waals surface area contributed by atoms with Gasteiger partial charge in [0.05, 0.1) is 5.08 Å². The molecule has 0 aromatic carbocycles. The van der Waals surface area contributed by atoms with Crippen LogP contribution in [-0.4, -0.2) is 37.9 Å². The molecule has 21 heavy (non-hydrogen) atoms. The summed E-state index contributed by atoms with van der Waals surface area (Å²) in [6, 6.07) is 2.63. The van der Waals surface area contributed by atoms with E-state index in [1.54, 1.807) is 0 Å². The van der Waals surface area contributed by atoms with Gasteiger partial charge in [0.2, 0.25) is 0 Å². The second-order valence-corrected chi connectivity index (χ2v) is 8.43. The monoisotopic (exact) mass is 334 g/mol. The molecule has 4 atom stereocenters. The highest BCUT2D eigenvalue weighted by molar-refractivity contribution is 8.13. The molecular formula is C17H38N2S2. The van der Waals surface area contributed by atoms with Crippen LogP contribution in [0.2, 0.25) is 0 Å². The van der Waals surface area contributed by atoms with Crippen molar-refractivity contribution in [2.24, 2.45) is 0 Å². The summed E-state index contributed by atoms with van der Waals surface area (Å²) in [7, 11) is 0. The van der Waals surface area contributed by atoms with Crippen LogP contribution in [0.3, 0.4) is 0 Å². The summed E-state index contributed by atoms with van der Waals surface area (Å²) in [5.74, 6) is 0. The molecule has 2 nitrogen and oxygen atoms in total. The number of hydrogen-bond donors (Lipinski definition) is 0. The van der Waals surface area contributed by atoms with Crippen molar-refractivity contribution in [3.8, 4) is 0 Å². The van der Waals surface area contributed by atoms with Gasteiger partial charge in [0, 0.05) is 24.2 Å². The van der Waals surface area contributed by atoms with Crippen LogP contribution >= 0.6 is 23.9 Å². The molecule has 0 aliphatic rings. The average molecular weight is 335 g/mol. The van der Waals surface area contributed by atoms with Gasteiger partial charge in [-0.15, -0.1) is 0 Å². The van der Waals surface area contributed by atoms with Crippen molar-refractivity contribution in [2.45, 2.75) is 105 Å². The van der Waals surface area contributed by atoms with Crippen LogP contribution in [0.1, 0.15) is 81.1 Å². The third kappa shape index (κ3) is 7.62. The average Bonchev–Trinajstić information content (AvgIpc) is 2.52. The Morgan fingerprint density at radius 1 is 0.571 bits per heavy atom. The fraction of sp³-hybridized carbons (Fsp3) is 1.00. The van der Waals surface area contributed by atoms with Crippen LogP contribution in [0.25, 0.3) is 0 Å².